The highest BCUT2D eigenvalue weighted by Gasteiger charge is 2.22. The van der Waals surface area contributed by atoms with Crippen molar-refractivity contribution in [3.63, 3.8) is 0 Å². The molecule has 3 rings (SSSR count). The Morgan fingerprint density at radius 3 is 2.96 bits per heavy atom. The smallest absolute Gasteiger partial charge is 0.257 e. The molecule has 0 amide bonds. The van der Waals surface area contributed by atoms with Crippen LogP contribution in [0.2, 0.25) is 0 Å². The Hall–Kier alpha value is -1.68. The van der Waals surface area contributed by atoms with Gasteiger partial charge in [0.15, 0.2) is 11.8 Å². The van der Waals surface area contributed by atoms with Crippen molar-refractivity contribution in [2.45, 2.75) is 45.8 Å². The summed E-state index contributed by atoms with van der Waals surface area (Å²) in [7, 11) is 0. The molecule has 27 heavy (non-hydrogen) atoms. The van der Waals surface area contributed by atoms with Crippen LogP contribution in [0.5, 0.6) is 0 Å². The summed E-state index contributed by atoms with van der Waals surface area (Å²) in [5.74, 6) is 2.14. The normalized spacial score (nSPS) is 17.1. The lowest BCUT2D eigenvalue weighted by atomic mass is 10.1. The van der Waals surface area contributed by atoms with Crippen molar-refractivity contribution in [3.8, 4) is 11.5 Å². The van der Waals surface area contributed by atoms with Crippen LogP contribution in [-0.2, 0) is 13.0 Å². The van der Waals surface area contributed by atoms with Crippen molar-refractivity contribution >= 4 is 29.9 Å². The molecule has 148 valence electrons. The largest absolute Gasteiger partial charge is 0.391 e. The van der Waals surface area contributed by atoms with Gasteiger partial charge in [0, 0.05) is 31.6 Å². The number of aliphatic hydroxyl groups excluding tert-OH is 1. The van der Waals surface area contributed by atoms with E-state index in [-0.39, 0.29) is 30.1 Å². The molecule has 0 bridgehead atoms. The first kappa shape index (κ1) is 21.6. The quantitative estimate of drug-likeness (QED) is 0.372. The SMILES string of the molecule is CCCc1noc(-c2cccc(CN=C(NCC)N3CC[C@@H](O)C3)c2)n1.I. The lowest BCUT2D eigenvalue weighted by Gasteiger charge is -2.20. The highest BCUT2D eigenvalue weighted by molar-refractivity contribution is 14.0. The van der Waals surface area contributed by atoms with Gasteiger partial charge in [-0.2, -0.15) is 4.98 Å². The fourth-order valence-electron chi connectivity index (χ4n) is 3.03. The van der Waals surface area contributed by atoms with Gasteiger partial charge in [-0.15, -0.1) is 24.0 Å². The molecule has 0 spiro atoms. The molecule has 0 radical (unpaired) electrons. The third-order valence-corrected chi connectivity index (χ3v) is 4.32. The van der Waals surface area contributed by atoms with Gasteiger partial charge < -0.3 is 19.8 Å². The highest BCUT2D eigenvalue weighted by atomic mass is 127. The number of nitrogens with one attached hydrogen (secondary N) is 1. The Morgan fingerprint density at radius 1 is 1.41 bits per heavy atom. The molecule has 8 heteroatoms. The maximum atomic E-state index is 9.76. The summed E-state index contributed by atoms with van der Waals surface area (Å²) >= 11 is 0. The minimum atomic E-state index is -0.267. The van der Waals surface area contributed by atoms with E-state index in [2.05, 4.69) is 27.3 Å². The van der Waals surface area contributed by atoms with Crippen LogP contribution in [0, 0.1) is 0 Å². The molecule has 0 aliphatic carbocycles. The molecule has 0 saturated carbocycles. The van der Waals surface area contributed by atoms with Gasteiger partial charge in [0.1, 0.15) is 0 Å². The minimum Gasteiger partial charge on any atom is -0.391 e. The first-order chi connectivity index (χ1) is 12.7. The molecule has 1 aromatic heterocycles. The summed E-state index contributed by atoms with van der Waals surface area (Å²) in [6, 6.07) is 8.03. The van der Waals surface area contributed by atoms with E-state index in [1.807, 2.05) is 31.2 Å². The third-order valence-electron chi connectivity index (χ3n) is 4.32. The molecule has 2 heterocycles. The molecule has 0 unspecified atom stereocenters. The first-order valence-corrected chi connectivity index (χ1v) is 9.32. The predicted octanol–water partition coefficient (Wildman–Crippen LogP) is 2.84. The van der Waals surface area contributed by atoms with Crippen LogP contribution in [0.4, 0.5) is 0 Å². The summed E-state index contributed by atoms with van der Waals surface area (Å²) in [5.41, 5.74) is 1.99. The van der Waals surface area contributed by atoms with Gasteiger partial charge in [-0.3, -0.25) is 0 Å². The summed E-state index contributed by atoms with van der Waals surface area (Å²) in [6.45, 7) is 6.96. The molecule has 1 aromatic carbocycles. The minimum absolute atomic E-state index is 0. The molecular weight excluding hydrogens is 457 g/mol. The monoisotopic (exact) mass is 485 g/mol. The van der Waals surface area contributed by atoms with Gasteiger partial charge >= 0.3 is 0 Å². The number of β-amino-alcohol motifs (C(OH)–C–C–N with tert-alkyl or cyclic N) is 1. The van der Waals surface area contributed by atoms with Gasteiger partial charge in [-0.05, 0) is 37.5 Å². The Morgan fingerprint density at radius 2 is 2.26 bits per heavy atom. The van der Waals surface area contributed by atoms with Crippen LogP contribution >= 0.6 is 24.0 Å². The van der Waals surface area contributed by atoms with Crippen molar-refractivity contribution in [3.05, 3.63) is 35.7 Å². The second kappa shape index (κ2) is 10.6. The van der Waals surface area contributed by atoms with E-state index >= 15 is 0 Å². The van der Waals surface area contributed by atoms with E-state index in [9.17, 15) is 5.11 Å². The molecule has 7 nitrogen and oxygen atoms in total. The molecule has 1 saturated heterocycles. The van der Waals surface area contributed by atoms with Crippen LogP contribution in [0.1, 0.15) is 38.1 Å². The van der Waals surface area contributed by atoms with Crippen molar-refractivity contribution in [1.29, 1.82) is 0 Å². The number of aliphatic hydroxyl groups is 1. The fourth-order valence-corrected chi connectivity index (χ4v) is 3.03. The molecule has 2 N–H and O–H groups in total. The van der Waals surface area contributed by atoms with E-state index in [1.165, 1.54) is 0 Å². The summed E-state index contributed by atoms with van der Waals surface area (Å²) in [5, 5.41) is 17.1. The van der Waals surface area contributed by atoms with Crippen LogP contribution < -0.4 is 5.32 Å². The molecule has 1 aliphatic heterocycles. The Labute approximate surface area is 177 Å². The van der Waals surface area contributed by atoms with E-state index in [0.717, 1.165) is 55.3 Å². The van der Waals surface area contributed by atoms with Gasteiger partial charge in [-0.25, -0.2) is 4.99 Å². The van der Waals surface area contributed by atoms with Crippen molar-refractivity contribution < 1.29 is 9.63 Å². The maximum Gasteiger partial charge on any atom is 0.257 e. The van der Waals surface area contributed by atoms with Crippen LogP contribution in [0.25, 0.3) is 11.5 Å². The zero-order valence-electron chi connectivity index (χ0n) is 15.9. The lowest BCUT2D eigenvalue weighted by Crippen LogP contribution is -2.40. The number of likely N-dealkylation sites (tertiary alicyclic amines) is 1. The highest BCUT2D eigenvalue weighted by Crippen LogP contribution is 2.19. The summed E-state index contributed by atoms with van der Waals surface area (Å²) in [6.07, 6.45) is 2.34. The van der Waals surface area contributed by atoms with Gasteiger partial charge in [0.25, 0.3) is 5.89 Å². The standard InChI is InChI=1S/C19H27N5O2.HI/c1-3-6-17-22-18(26-23-17)15-8-5-7-14(11-15)12-21-19(20-4-2)24-10-9-16(25)13-24;/h5,7-8,11,16,25H,3-4,6,9-10,12-13H2,1-2H3,(H,20,21);1H/t16-;/m1./s1. The zero-order valence-corrected chi connectivity index (χ0v) is 18.2. The van der Waals surface area contributed by atoms with Crippen molar-refractivity contribution in [2.75, 3.05) is 19.6 Å². The summed E-state index contributed by atoms with van der Waals surface area (Å²) < 4.78 is 5.37. The zero-order chi connectivity index (χ0) is 18.4. The predicted molar refractivity (Wildman–Crippen MR) is 116 cm³/mol. The number of hydrogen-bond donors (Lipinski definition) is 2. The number of aromatic nitrogens is 2. The van der Waals surface area contributed by atoms with E-state index in [1.54, 1.807) is 0 Å². The van der Waals surface area contributed by atoms with E-state index < -0.39 is 0 Å². The summed E-state index contributed by atoms with van der Waals surface area (Å²) in [4.78, 5) is 11.3. The Kier molecular flexibility index (Phi) is 8.49. The van der Waals surface area contributed by atoms with Crippen LogP contribution in [0.15, 0.2) is 33.8 Å². The van der Waals surface area contributed by atoms with Crippen LogP contribution in [-0.4, -0.2) is 51.8 Å². The van der Waals surface area contributed by atoms with Crippen LogP contribution in [0.3, 0.4) is 0 Å². The van der Waals surface area contributed by atoms with Crippen molar-refractivity contribution in [1.82, 2.24) is 20.4 Å². The number of rotatable bonds is 6. The second-order valence-electron chi connectivity index (χ2n) is 6.52. The van der Waals surface area contributed by atoms with E-state index in [0.29, 0.717) is 19.0 Å². The second-order valence-corrected chi connectivity index (χ2v) is 6.52. The van der Waals surface area contributed by atoms with Gasteiger partial charge in [0.2, 0.25) is 0 Å². The fraction of sp³-hybridized carbons (Fsp3) is 0.526. The average Bonchev–Trinajstić information content (AvgIpc) is 3.28. The molecule has 1 fully saturated rings. The molecule has 2 aromatic rings. The van der Waals surface area contributed by atoms with Gasteiger partial charge in [0.05, 0.1) is 12.6 Å². The molecular formula is C19H28IN5O2. The number of halogens is 1. The number of nitrogens with zero attached hydrogens (tertiary/aromatic N) is 4. The average molecular weight is 485 g/mol. The van der Waals surface area contributed by atoms with Gasteiger partial charge in [-0.1, -0.05) is 24.2 Å². The first-order valence-electron chi connectivity index (χ1n) is 9.32. The lowest BCUT2D eigenvalue weighted by molar-refractivity contribution is 0.188. The van der Waals surface area contributed by atoms with Crippen molar-refractivity contribution in [2.24, 2.45) is 4.99 Å². The Bertz CT molecular complexity index is 749. The molecule has 1 atom stereocenters. The number of guanidine groups is 1. The van der Waals surface area contributed by atoms with E-state index in [4.69, 9.17) is 9.52 Å². The number of aryl methyl sites for hydroxylation is 1. The number of hydrogen-bond acceptors (Lipinski definition) is 5. The number of aliphatic imine (C=N–C) groups is 1. The topological polar surface area (TPSA) is 86.8 Å². The molecule has 1 aliphatic rings. The Balaban J connectivity index is 0.00000261. The maximum absolute atomic E-state index is 9.76. The third kappa shape index (κ3) is 5.90. The number of benzene rings is 1.